The monoisotopic (exact) mass is 868 g/mol. The van der Waals surface area contributed by atoms with E-state index in [1.165, 1.54) is 24.3 Å². The number of likely N-dealkylation sites (N-methyl/N-ethyl adjacent to an activating group) is 1. The molecule has 0 aliphatic carbocycles. The minimum Gasteiger partial charge on any atom is -0.486 e. The smallest absolute Gasteiger partial charge is 0.326 e. The van der Waals surface area contributed by atoms with Crippen LogP contribution in [0.4, 0.5) is 13.2 Å². The number of aromatic nitrogens is 1. The van der Waals surface area contributed by atoms with E-state index in [1.54, 1.807) is 12.3 Å². The molecule has 9 nitrogen and oxygen atoms in total. The highest BCUT2D eigenvalue weighted by Crippen LogP contribution is 2.37. The lowest BCUT2D eigenvalue weighted by Crippen LogP contribution is -2.54. The average Bonchev–Trinajstić information content (AvgIpc) is 3.44. The van der Waals surface area contributed by atoms with Crippen molar-refractivity contribution in [3.63, 3.8) is 0 Å². The fraction of sp³-hybridized carbons (Fsp3) is 0.288. The Hall–Kier alpha value is -6.50. The molecule has 0 radical (unpaired) electrons. The predicted molar refractivity (Wildman–Crippen MR) is 238 cm³/mol. The highest BCUT2D eigenvalue weighted by atomic mass is 19.2. The SMILES string of the molecule is CC[C@@H](Oc1ccc([C@H]2CN(C)Cc3cc4c(cc3O2)CN(Cc2cccc(F)c2)[C@H](C(=O)N[C@@H](Cc2ccc(-c3ccnc(C)c3C)cc2)C(=O)O)C4)cc1)c1ccc(F)c(F)c1. The fourth-order valence-corrected chi connectivity index (χ4v) is 8.75. The maximum absolute atomic E-state index is 14.5. The Morgan fingerprint density at radius 1 is 0.875 bits per heavy atom. The van der Waals surface area contributed by atoms with Gasteiger partial charge in [0.2, 0.25) is 5.91 Å². The normalized spacial score (nSPS) is 17.3. The first-order chi connectivity index (χ1) is 30.8. The Labute approximate surface area is 371 Å². The summed E-state index contributed by atoms with van der Waals surface area (Å²) in [5, 5.41) is 13.2. The van der Waals surface area contributed by atoms with Gasteiger partial charge < -0.3 is 19.9 Å². The van der Waals surface area contributed by atoms with Crippen molar-refractivity contribution in [1.82, 2.24) is 20.1 Å². The van der Waals surface area contributed by atoms with Crippen molar-refractivity contribution in [2.24, 2.45) is 0 Å². The van der Waals surface area contributed by atoms with E-state index < -0.39 is 41.7 Å². The van der Waals surface area contributed by atoms with E-state index in [0.717, 1.165) is 62.0 Å². The third kappa shape index (κ3) is 9.98. The summed E-state index contributed by atoms with van der Waals surface area (Å²) >= 11 is 0. The minimum absolute atomic E-state index is 0.0908. The summed E-state index contributed by atoms with van der Waals surface area (Å²) in [5.74, 6) is -2.45. The molecule has 4 atom stereocenters. The Morgan fingerprint density at radius 3 is 2.38 bits per heavy atom. The summed E-state index contributed by atoms with van der Waals surface area (Å²) in [7, 11) is 2.02. The summed E-state index contributed by atoms with van der Waals surface area (Å²) in [6.07, 6.45) is 1.95. The minimum atomic E-state index is -1.18. The predicted octanol–water partition coefficient (Wildman–Crippen LogP) is 9.62. The van der Waals surface area contributed by atoms with Crippen molar-refractivity contribution in [2.45, 2.75) is 84.0 Å². The number of ether oxygens (including phenoxy) is 2. The first kappa shape index (κ1) is 44.1. The Morgan fingerprint density at radius 2 is 1.66 bits per heavy atom. The lowest BCUT2D eigenvalue weighted by molar-refractivity contribution is -0.142. The highest BCUT2D eigenvalue weighted by Gasteiger charge is 2.35. The number of carboxylic acids is 1. The van der Waals surface area contributed by atoms with E-state index >= 15 is 0 Å². The average molecular weight is 869 g/mol. The van der Waals surface area contributed by atoms with Crippen LogP contribution in [0.2, 0.25) is 0 Å². The number of halogens is 3. The zero-order valence-corrected chi connectivity index (χ0v) is 36.3. The molecule has 0 fully saturated rings. The summed E-state index contributed by atoms with van der Waals surface area (Å²) in [5.41, 5.74) is 9.87. The third-order valence-corrected chi connectivity index (χ3v) is 12.4. The number of hydrogen-bond acceptors (Lipinski definition) is 7. The van der Waals surface area contributed by atoms with Crippen molar-refractivity contribution < 1.29 is 37.3 Å². The first-order valence-corrected chi connectivity index (χ1v) is 21.6. The molecule has 3 heterocycles. The van der Waals surface area contributed by atoms with Crippen molar-refractivity contribution in [3.05, 3.63) is 183 Å². The molecule has 1 aromatic heterocycles. The first-order valence-electron chi connectivity index (χ1n) is 21.6. The summed E-state index contributed by atoms with van der Waals surface area (Å²) < 4.78 is 55.0. The third-order valence-electron chi connectivity index (χ3n) is 12.4. The molecule has 5 aromatic carbocycles. The van der Waals surface area contributed by atoms with E-state index in [1.807, 2.05) is 99.4 Å². The number of amides is 1. The van der Waals surface area contributed by atoms with Crippen LogP contribution >= 0.6 is 0 Å². The molecule has 2 N–H and O–H groups in total. The van der Waals surface area contributed by atoms with Gasteiger partial charge in [0.25, 0.3) is 0 Å². The number of fused-ring (bicyclic) bond motifs is 2. The fourth-order valence-electron chi connectivity index (χ4n) is 8.75. The van der Waals surface area contributed by atoms with Gasteiger partial charge in [0.05, 0.1) is 6.04 Å². The van der Waals surface area contributed by atoms with Crippen LogP contribution in [0.5, 0.6) is 11.5 Å². The molecule has 0 spiro atoms. The second kappa shape index (κ2) is 19.1. The van der Waals surface area contributed by atoms with Crippen LogP contribution in [0.1, 0.15) is 75.8 Å². The standard InChI is InChI=1S/C52H51F3N4O5/c1-5-48(37-15-18-44(54)45(55)24-37)63-42-16-13-36(14-17-42)50-30-58(4)28-40-23-38-25-47(59(29-39(38)26-49(40)64-50)27-34-7-6-8-41(53)21-34)51(60)57-46(52(61)62)22-33-9-11-35(12-10-33)43-19-20-56-32(3)31(43)2/h6-21,23-24,26,46-48,50H,5,22,25,27-30H2,1-4H3,(H,57,60)(H,61,62)/t46-,47-,48+,50+/m0/s1. The van der Waals surface area contributed by atoms with Crippen LogP contribution in [0.25, 0.3) is 11.1 Å². The summed E-state index contributed by atoms with van der Waals surface area (Å²) in [6.45, 7) is 7.69. The highest BCUT2D eigenvalue weighted by molar-refractivity contribution is 5.87. The molecule has 12 heteroatoms. The largest absolute Gasteiger partial charge is 0.486 e. The quantitative estimate of drug-likeness (QED) is 0.118. The molecule has 2 aliphatic heterocycles. The number of aliphatic carboxylic acids is 1. The number of hydrogen-bond donors (Lipinski definition) is 2. The molecule has 2 aliphatic rings. The van der Waals surface area contributed by atoms with E-state index in [2.05, 4.69) is 21.3 Å². The lowest BCUT2D eigenvalue weighted by Gasteiger charge is -2.37. The molecule has 330 valence electrons. The van der Waals surface area contributed by atoms with Crippen LogP contribution < -0.4 is 14.8 Å². The summed E-state index contributed by atoms with van der Waals surface area (Å²) in [4.78, 5) is 35.5. The van der Waals surface area contributed by atoms with Crippen LogP contribution in [0.15, 0.2) is 115 Å². The zero-order valence-electron chi connectivity index (χ0n) is 36.3. The maximum Gasteiger partial charge on any atom is 0.326 e. The molecule has 0 saturated carbocycles. The van der Waals surface area contributed by atoms with Crippen LogP contribution in [-0.2, 0) is 42.1 Å². The van der Waals surface area contributed by atoms with Gasteiger partial charge >= 0.3 is 5.97 Å². The number of carbonyl (C=O) groups excluding carboxylic acids is 1. The van der Waals surface area contributed by atoms with E-state index in [4.69, 9.17) is 9.47 Å². The lowest BCUT2D eigenvalue weighted by atomic mass is 9.90. The molecular formula is C52H51F3N4O5. The van der Waals surface area contributed by atoms with Gasteiger partial charge in [0.1, 0.15) is 35.6 Å². The van der Waals surface area contributed by atoms with Gasteiger partial charge in [0.15, 0.2) is 11.6 Å². The van der Waals surface area contributed by atoms with Gasteiger partial charge in [-0.05, 0) is 132 Å². The van der Waals surface area contributed by atoms with E-state index in [-0.39, 0.29) is 24.9 Å². The molecule has 0 unspecified atom stereocenters. The van der Waals surface area contributed by atoms with Crippen molar-refractivity contribution in [2.75, 3.05) is 13.6 Å². The summed E-state index contributed by atoms with van der Waals surface area (Å²) in [6, 6.07) is 29.6. The molecule has 6 aromatic rings. The van der Waals surface area contributed by atoms with Crippen LogP contribution in [0, 0.1) is 31.3 Å². The van der Waals surface area contributed by atoms with Gasteiger partial charge in [-0.3, -0.25) is 19.6 Å². The number of pyridine rings is 1. The van der Waals surface area contributed by atoms with Gasteiger partial charge in [-0.25, -0.2) is 18.0 Å². The number of carboxylic acid groups (broad SMARTS) is 1. The Kier molecular flexibility index (Phi) is 13.2. The van der Waals surface area contributed by atoms with Crippen molar-refractivity contribution in [1.29, 1.82) is 0 Å². The zero-order chi connectivity index (χ0) is 45.1. The van der Waals surface area contributed by atoms with Gasteiger partial charge in [-0.1, -0.05) is 67.6 Å². The molecule has 8 rings (SSSR count). The van der Waals surface area contributed by atoms with E-state index in [0.29, 0.717) is 49.4 Å². The molecule has 64 heavy (non-hydrogen) atoms. The van der Waals surface area contributed by atoms with Crippen LogP contribution in [0.3, 0.4) is 0 Å². The molecule has 0 bridgehead atoms. The van der Waals surface area contributed by atoms with E-state index in [9.17, 15) is 27.9 Å². The second-order valence-electron chi connectivity index (χ2n) is 16.9. The number of carbonyl (C=O) groups is 2. The van der Waals surface area contributed by atoms with Gasteiger partial charge in [0, 0.05) is 50.1 Å². The Bertz CT molecular complexity index is 2660. The number of nitrogens with one attached hydrogen (secondary N) is 1. The number of aryl methyl sites for hydroxylation is 1. The van der Waals surface area contributed by atoms with Crippen molar-refractivity contribution >= 4 is 11.9 Å². The number of rotatable bonds is 13. The number of nitrogens with zero attached hydrogens (tertiary/aromatic N) is 3. The Balaban J connectivity index is 1.01. The molecule has 0 saturated heterocycles. The molecule has 1 amide bonds. The van der Waals surface area contributed by atoms with Crippen molar-refractivity contribution in [3.8, 4) is 22.6 Å². The van der Waals surface area contributed by atoms with Gasteiger partial charge in [-0.2, -0.15) is 0 Å². The topological polar surface area (TPSA) is 104 Å². The van der Waals surface area contributed by atoms with Crippen LogP contribution in [-0.4, -0.2) is 57.4 Å². The molecular weight excluding hydrogens is 818 g/mol. The van der Waals surface area contributed by atoms with Gasteiger partial charge in [-0.15, -0.1) is 0 Å². The second-order valence-corrected chi connectivity index (χ2v) is 16.9. The maximum atomic E-state index is 14.5. The number of benzene rings is 5.